The largest absolute Gasteiger partial charge is 0.360 e. The lowest BCUT2D eigenvalue weighted by molar-refractivity contribution is -0.121. The summed E-state index contributed by atoms with van der Waals surface area (Å²) >= 11 is 0. The molecule has 1 aliphatic rings. The predicted octanol–water partition coefficient (Wildman–Crippen LogP) is 2.30. The van der Waals surface area contributed by atoms with Crippen LogP contribution in [0.1, 0.15) is 43.6 Å². The van der Waals surface area contributed by atoms with E-state index in [1.807, 2.05) is 13.0 Å². The number of aromatic amines is 1. The van der Waals surface area contributed by atoms with Crippen LogP contribution in [0.15, 0.2) is 22.9 Å². The first-order valence-electron chi connectivity index (χ1n) is 8.15. The van der Waals surface area contributed by atoms with Gasteiger partial charge in [-0.2, -0.15) is 5.10 Å². The maximum Gasteiger partial charge on any atom is 0.242 e. The lowest BCUT2D eigenvalue weighted by atomic mass is 9.92. The number of rotatable bonds is 5. The normalized spacial score (nSPS) is 18.0. The fourth-order valence-electron chi connectivity index (χ4n) is 3.26. The molecule has 1 fully saturated rings. The molecule has 2 aromatic heterocycles. The number of aromatic nitrogens is 3. The summed E-state index contributed by atoms with van der Waals surface area (Å²) in [6, 6.07) is 3.64. The fourth-order valence-corrected chi connectivity index (χ4v) is 3.26. The lowest BCUT2D eigenvalue weighted by Crippen LogP contribution is -2.47. The Kier molecular flexibility index (Phi) is 4.76. The van der Waals surface area contributed by atoms with Crippen molar-refractivity contribution in [2.75, 3.05) is 18.4 Å². The van der Waals surface area contributed by atoms with Gasteiger partial charge >= 0.3 is 0 Å². The highest BCUT2D eigenvalue weighted by Crippen LogP contribution is 2.28. The van der Waals surface area contributed by atoms with Crippen LogP contribution in [0, 0.1) is 6.92 Å². The average molecular weight is 317 g/mol. The predicted molar refractivity (Wildman–Crippen MR) is 86.1 cm³/mol. The van der Waals surface area contributed by atoms with Crippen LogP contribution in [0.3, 0.4) is 0 Å². The summed E-state index contributed by atoms with van der Waals surface area (Å²) < 4.78 is 4.99. The van der Waals surface area contributed by atoms with Gasteiger partial charge in [0.1, 0.15) is 5.76 Å². The Hall–Kier alpha value is -2.15. The van der Waals surface area contributed by atoms with E-state index in [1.54, 1.807) is 19.2 Å². The molecule has 1 atom stereocenters. The third kappa shape index (κ3) is 3.61. The summed E-state index contributed by atoms with van der Waals surface area (Å²) in [5, 5.41) is 13.8. The molecule has 1 saturated heterocycles. The molecule has 0 saturated carbocycles. The molecular weight excluding hydrogens is 294 g/mol. The van der Waals surface area contributed by atoms with E-state index in [9.17, 15) is 4.79 Å². The molecule has 1 aliphatic heterocycles. The second kappa shape index (κ2) is 6.95. The molecule has 7 nitrogen and oxygen atoms in total. The standard InChI is InChI=1S/C16H23N5O2/c1-3-14(16(22)18-15-10-11(2)23-20-15)21-8-5-12(6-9-21)13-4-7-17-19-13/h4,7,10,12,14H,3,5-6,8-9H2,1-2H3,(H,17,19)(H,18,20,22). The summed E-state index contributed by atoms with van der Waals surface area (Å²) in [5.74, 6) is 1.67. The molecule has 2 aromatic rings. The fraction of sp³-hybridized carbons (Fsp3) is 0.562. The van der Waals surface area contributed by atoms with Gasteiger partial charge in [0.25, 0.3) is 0 Å². The first kappa shape index (κ1) is 15.7. The zero-order chi connectivity index (χ0) is 16.2. The third-order valence-electron chi connectivity index (χ3n) is 4.50. The molecule has 124 valence electrons. The maximum atomic E-state index is 12.5. The second-order valence-corrected chi connectivity index (χ2v) is 6.06. The van der Waals surface area contributed by atoms with Crippen LogP contribution in [0.5, 0.6) is 0 Å². The number of likely N-dealkylation sites (tertiary alicyclic amines) is 1. The van der Waals surface area contributed by atoms with Crippen LogP contribution in [0.2, 0.25) is 0 Å². The molecule has 2 N–H and O–H groups in total. The smallest absolute Gasteiger partial charge is 0.242 e. The van der Waals surface area contributed by atoms with Crippen molar-refractivity contribution >= 4 is 11.7 Å². The highest BCUT2D eigenvalue weighted by molar-refractivity contribution is 5.94. The van der Waals surface area contributed by atoms with Crippen LogP contribution in [-0.4, -0.2) is 45.3 Å². The van der Waals surface area contributed by atoms with Crippen molar-refractivity contribution in [3.8, 4) is 0 Å². The van der Waals surface area contributed by atoms with Gasteiger partial charge in [-0.1, -0.05) is 12.1 Å². The molecule has 7 heteroatoms. The van der Waals surface area contributed by atoms with Crippen molar-refractivity contribution in [3.05, 3.63) is 29.8 Å². The van der Waals surface area contributed by atoms with Crippen molar-refractivity contribution in [1.29, 1.82) is 0 Å². The number of H-pyrrole nitrogens is 1. The van der Waals surface area contributed by atoms with Crippen molar-refractivity contribution in [3.63, 3.8) is 0 Å². The maximum absolute atomic E-state index is 12.5. The van der Waals surface area contributed by atoms with Crippen LogP contribution in [0.25, 0.3) is 0 Å². The molecule has 3 heterocycles. The van der Waals surface area contributed by atoms with E-state index in [0.717, 1.165) is 32.4 Å². The third-order valence-corrected chi connectivity index (χ3v) is 4.50. The van der Waals surface area contributed by atoms with Gasteiger partial charge in [0.05, 0.1) is 6.04 Å². The number of aryl methyl sites for hydroxylation is 1. The van der Waals surface area contributed by atoms with Gasteiger partial charge < -0.3 is 9.84 Å². The molecular formula is C16H23N5O2. The van der Waals surface area contributed by atoms with Crippen molar-refractivity contribution in [1.82, 2.24) is 20.3 Å². The molecule has 0 aliphatic carbocycles. The van der Waals surface area contributed by atoms with Crippen LogP contribution >= 0.6 is 0 Å². The van der Waals surface area contributed by atoms with E-state index < -0.39 is 0 Å². The number of piperidine rings is 1. The first-order chi connectivity index (χ1) is 11.2. The Morgan fingerprint density at radius 2 is 2.30 bits per heavy atom. The van der Waals surface area contributed by atoms with Crippen molar-refractivity contribution in [2.24, 2.45) is 0 Å². The van der Waals surface area contributed by atoms with Crippen molar-refractivity contribution < 1.29 is 9.32 Å². The quantitative estimate of drug-likeness (QED) is 0.883. The number of hydrogen-bond donors (Lipinski definition) is 2. The minimum atomic E-state index is -0.130. The lowest BCUT2D eigenvalue weighted by Gasteiger charge is -2.36. The Labute approximate surface area is 135 Å². The summed E-state index contributed by atoms with van der Waals surface area (Å²) in [7, 11) is 0. The minimum absolute atomic E-state index is 0.0132. The molecule has 3 rings (SSSR count). The summed E-state index contributed by atoms with van der Waals surface area (Å²) in [4.78, 5) is 14.8. The SMILES string of the molecule is CCC(C(=O)Nc1cc(C)on1)N1CCC(c2ccn[nH]2)CC1. The van der Waals surface area contributed by atoms with E-state index in [2.05, 4.69) is 25.6 Å². The number of hydrogen-bond acceptors (Lipinski definition) is 5. The summed E-state index contributed by atoms with van der Waals surface area (Å²) in [6.07, 6.45) is 4.64. The average Bonchev–Trinajstić information content (AvgIpc) is 3.21. The number of nitrogens with zero attached hydrogens (tertiary/aromatic N) is 3. The zero-order valence-corrected chi connectivity index (χ0v) is 13.6. The monoisotopic (exact) mass is 317 g/mol. The molecule has 1 unspecified atom stereocenters. The number of carbonyl (C=O) groups excluding carboxylic acids is 1. The van der Waals surface area contributed by atoms with Gasteiger partial charge in [-0.25, -0.2) is 0 Å². The topological polar surface area (TPSA) is 87.1 Å². The van der Waals surface area contributed by atoms with Crippen molar-refractivity contribution in [2.45, 2.75) is 45.1 Å². The van der Waals surface area contributed by atoms with E-state index in [-0.39, 0.29) is 11.9 Å². The van der Waals surface area contributed by atoms with Crippen LogP contribution in [-0.2, 0) is 4.79 Å². The number of amides is 1. The van der Waals surface area contributed by atoms with Gasteiger partial charge in [0.15, 0.2) is 5.82 Å². The molecule has 1 amide bonds. The van der Waals surface area contributed by atoms with E-state index in [0.29, 0.717) is 17.5 Å². The molecule has 23 heavy (non-hydrogen) atoms. The second-order valence-electron chi connectivity index (χ2n) is 6.06. The molecule has 0 radical (unpaired) electrons. The van der Waals surface area contributed by atoms with Gasteiger partial charge in [-0.05, 0) is 45.3 Å². The minimum Gasteiger partial charge on any atom is -0.360 e. The van der Waals surface area contributed by atoms with Gasteiger partial charge in [-0.3, -0.25) is 14.8 Å². The Morgan fingerprint density at radius 1 is 1.52 bits per heavy atom. The number of anilines is 1. The first-order valence-corrected chi connectivity index (χ1v) is 8.15. The summed E-state index contributed by atoms with van der Waals surface area (Å²) in [5.41, 5.74) is 1.19. The molecule has 0 aromatic carbocycles. The van der Waals surface area contributed by atoms with E-state index in [1.165, 1.54) is 5.69 Å². The summed E-state index contributed by atoms with van der Waals surface area (Å²) in [6.45, 7) is 5.67. The Morgan fingerprint density at radius 3 is 2.87 bits per heavy atom. The highest BCUT2D eigenvalue weighted by atomic mass is 16.5. The van der Waals surface area contributed by atoms with E-state index >= 15 is 0 Å². The van der Waals surface area contributed by atoms with E-state index in [4.69, 9.17) is 4.52 Å². The number of nitrogens with one attached hydrogen (secondary N) is 2. The highest BCUT2D eigenvalue weighted by Gasteiger charge is 2.29. The van der Waals surface area contributed by atoms with Gasteiger partial charge in [0, 0.05) is 23.9 Å². The molecule has 0 bridgehead atoms. The Bertz CT molecular complexity index is 629. The van der Waals surface area contributed by atoms with Crippen LogP contribution < -0.4 is 5.32 Å². The van der Waals surface area contributed by atoms with Gasteiger partial charge in [-0.15, -0.1) is 0 Å². The van der Waals surface area contributed by atoms with Crippen LogP contribution in [0.4, 0.5) is 5.82 Å². The Balaban J connectivity index is 1.57. The number of carbonyl (C=O) groups is 1. The zero-order valence-electron chi connectivity index (χ0n) is 13.6. The molecule has 0 spiro atoms. The van der Waals surface area contributed by atoms with Gasteiger partial charge in [0.2, 0.25) is 5.91 Å².